The number of hydrogen-bond acceptors (Lipinski definition) is 1. The molecule has 0 N–H and O–H groups in total. The molecular weight excluding hydrogens is 220 g/mol. The molecule has 0 amide bonds. The average molecular weight is 248 g/mol. The minimum absolute atomic E-state index is 0.663. The van der Waals surface area contributed by atoms with Gasteiger partial charge in [-0.2, -0.15) is 0 Å². The highest BCUT2D eigenvalue weighted by Gasteiger charge is 2.03. The summed E-state index contributed by atoms with van der Waals surface area (Å²) in [7, 11) is 0. The molecule has 0 radical (unpaired) electrons. The van der Waals surface area contributed by atoms with Gasteiger partial charge in [-0.15, -0.1) is 0 Å². The molecule has 1 aromatic carbocycles. The average Bonchev–Trinajstić information content (AvgIpc) is 2.41. The van der Waals surface area contributed by atoms with E-state index in [9.17, 15) is 0 Å². The van der Waals surface area contributed by atoms with Crippen molar-refractivity contribution in [1.29, 1.82) is 0 Å². The number of benzene rings is 1. The summed E-state index contributed by atoms with van der Waals surface area (Å²) in [6, 6.07) is 10.1. The number of ether oxygens (including phenoxy) is 1. The molecule has 0 aromatic heterocycles. The standard InChI is InChI=1S/C17H28O/c1-3-4-5-6-7-9-12-16(2)15-18-17-13-10-8-11-14-17/h8,10-11,13-14,16H,3-7,9,12,15H2,1-2H3. The summed E-state index contributed by atoms with van der Waals surface area (Å²) in [6.45, 7) is 5.40. The van der Waals surface area contributed by atoms with Crippen LogP contribution in [0.5, 0.6) is 5.75 Å². The van der Waals surface area contributed by atoms with E-state index in [0.29, 0.717) is 5.92 Å². The first kappa shape index (κ1) is 15.1. The van der Waals surface area contributed by atoms with Crippen molar-refractivity contribution in [2.45, 2.75) is 58.8 Å². The number of rotatable bonds is 10. The van der Waals surface area contributed by atoms with E-state index >= 15 is 0 Å². The van der Waals surface area contributed by atoms with Gasteiger partial charge in [0.25, 0.3) is 0 Å². The van der Waals surface area contributed by atoms with E-state index in [4.69, 9.17) is 4.74 Å². The van der Waals surface area contributed by atoms with E-state index in [2.05, 4.69) is 13.8 Å². The highest BCUT2D eigenvalue weighted by Crippen LogP contribution is 2.15. The van der Waals surface area contributed by atoms with Crippen LogP contribution in [0.2, 0.25) is 0 Å². The summed E-state index contributed by atoms with van der Waals surface area (Å²) in [5, 5.41) is 0. The van der Waals surface area contributed by atoms with Gasteiger partial charge in [-0.25, -0.2) is 0 Å². The Kier molecular flexibility index (Phi) is 8.37. The van der Waals surface area contributed by atoms with Gasteiger partial charge in [0, 0.05) is 0 Å². The molecule has 1 atom stereocenters. The first-order valence-electron chi connectivity index (χ1n) is 7.50. The second-order valence-electron chi connectivity index (χ2n) is 5.29. The van der Waals surface area contributed by atoms with Crippen LogP contribution in [-0.4, -0.2) is 6.61 Å². The maximum absolute atomic E-state index is 5.76. The van der Waals surface area contributed by atoms with Crippen LogP contribution in [0, 0.1) is 5.92 Å². The van der Waals surface area contributed by atoms with Gasteiger partial charge in [0.05, 0.1) is 6.61 Å². The van der Waals surface area contributed by atoms with Crippen molar-refractivity contribution in [2.24, 2.45) is 5.92 Å². The molecule has 1 nitrogen and oxygen atoms in total. The fourth-order valence-corrected chi connectivity index (χ4v) is 2.11. The lowest BCUT2D eigenvalue weighted by atomic mass is 10.0. The summed E-state index contributed by atoms with van der Waals surface area (Å²) in [5.74, 6) is 1.66. The van der Waals surface area contributed by atoms with Crippen LogP contribution in [-0.2, 0) is 0 Å². The smallest absolute Gasteiger partial charge is 0.119 e. The van der Waals surface area contributed by atoms with E-state index in [1.165, 1.54) is 44.9 Å². The van der Waals surface area contributed by atoms with E-state index in [1.54, 1.807) is 0 Å². The molecule has 0 heterocycles. The Hall–Kier alpha value is -0.980. The fourth-order valence-electron chi connectivity index (χ4n) is 2.11. The zero-order valence-corrected chi connectivity index (χ0v) is 12.0. The Morgan fingerprint density at radius 2 is 1.61 bits per heavy atom. The predicted octanol–water partition coefficient (Wildman–Crippen LogP) is 5.45. The fraction of sp³-hybridized carbons (Fsp3) is 0.647. The van der Waals surface area contributed by atoms with Crippen molar-refractivity contribution in [3.05, 3.63) is 30.3 Å². The van der Waals surface area contributed by atoms with Crippen molar-refractivity contribution in [3.8, 4) is 5.75 Å². The van der Waals surface area contributed by atoms with E-state index in [-0.39, 0.29) is 0 Å². The van der Waals surface area contributed by atoms with Crippen LogP contribution < -0.4 is 4.74 Å². The van der Waals surface area contributed by atoms with E-state index in [1.807, 2.05) is 30.3 Å². The monoisotopic (exact) mass is 248 g/mol. The second-order valence-corrected chi connectivity index (χ2v) is 5.29. The van der Waals surface area contributed by atoms with Gasteiger partial charge >= 0.3 is 0 Å². The summed E-state index contributed by atoms with van der Waals surface area (Å²) < 4.78 is 5.76. The first-order valence-corrected chi connectivity index (χ1v) is 7.50. The lowest BCUT2D eigenvalue weighted by Gasteiger charge is -2.12. The lowest BCUT2D eigenvalue weighted by molar-refractivity contribution is 0.249. The number of hydrogen-bond donors (Lipinski definition) is 0. The third-order valence-corrected chi connectivity index (χ3v) is 3.33. The van der Waals surface area contributed by atoms with Gasteiger partial charge in [0.15, 0.2) is 0 Å². The van der Waals surface area contributed by atoms with Crippen molar-refractivity contribution in [1.82, 2.24) is 0 Å². The number of unbranched alkanes of at least 4 members (excludes halogenated alkanes) is 5. The van der Waals surface area contributed by atoms with Crippen LogP contribution in [0.15, 0.2) is 30.3 Å². The zero-order valence-electron chi connectivity index (χ0n) is 12.0. The summed E-state index contributed by atoms with van der Waals surface area (Å²) in [5.41, 5.74) is 0. The SMILES string of the molecule is CCCCCCCCC(C)COc1ccccc1. The van der Waals surface area contributed by atoms with Crippen LogP contribution in [0.25, 0.3) is 0 Å². The molecule has 0 fully saturated rings. The molecule has 0 saturated carbocycles. The summed E-state index contributed by atoms with van der Waals surface area (Å²) in [4.78, 5) is 0. The van der Waals surface area contributed by atoms with Crippen molar-refractivity contribution >= 4 is 0 Å². The highest BCUT2D eigenvalue weighted by molar-refractivity contribution is 5.20. The largest absolute Gasteiger partial charge is 0.493 e. The lowest BCUT2D eigenvalue weighted by Crippen LogP contribution is -2.08. The predicted molar refractivity (Wildman–Crippen MR) is 79.1 cm³/mol. The first-order chi connectivity index (χ1) is 8.83. The van der Waals surface area contributed by atoms with Crippen LogP contribution in [0.4, 0.5) is 0 Å². The Bertz CT molecular complexity index is 281. The van der Waals surface area contributed by atoms with Crippen LogP contribution >= 0.6 is 0 Å². The molecule has 1 heteroatoms. The van der Waals surface area contributed by atoms with Crippen LogP contribution in [0.1, 0.15) is 58.8 Å². The van der Waals surface area contributed by atoms with E-state index < -0.39 is 0 Å². The third kappa shape index (κ3) is 7.37. The van der Waals surface area contributed by atoms with E-state index in [0.717, 1.165) is 12.4 Å². The molecule has 0 spiro atoms. The van der Waals surface area contributed by atoms with Gasteiger partial charge in [-0.1, -0.05) is 70.6 Å². The third-order valence-electron chi connectivity index (χ3n) is 3.33. The minimum Gasteiger partial charge on any atom is -0.493 e. The van der Waals surface area contributed by atoms with Crippen molar-refractivity contribution in [3.63, 3.8) is 0 Å². The second kappa shape index (κ2) is 9.99. The minimum atomic E-state index is 0.663. The van der Waals surface area contributed by atoms with Crippen molar-refractivity contribution < 1.29 is 4.74 Å². The molecular formula is C17H28O. The number of para-hydroxylation sites is 1. The molecule has 0 saturated heterocycles. The van der Waals surface area contributed by atoms with Gasteiger partial charge in [-0.3, -0.25) is 0 Å². The summed E-state index contributed by atoms with van der Waals surface area (Å²) in [6.07, 6.45) is 9.57. The molecule has 1 aromatic rings. The maximum atomic E-state index is 5.76. The topological polar surface area (TPSA) is 9.23 Å². The molecule has 1 rings (SSSR count). The van der Waals surface area contributed by atoms with Gasteiger partial charge in [-0.05, 0) is 24.5 Å². The van der Waals surface area contributed by atoms with Gasteiger partial charge in [0.1, 0.15) is 5.75 Å². The highest BCUT2D eigenvalue weighted by atomic mass is 16.5. The molecule has 0 aliphatic rings. The maximum Gasteiger partial charge on any atom is 0.119 e. The Balaban J connectivity index is 1.99. The molecule has 0 aliphatic heterocycles. The molecule has 18 heavy (non-hydrogen) atoms. The quantitative estimate of drug-likeness (QED) is 0.500. The Morgan fingerprint density at radius 3 is 2.33 bits per heavy atom. The Morgan fingerprint density at radius 1 is 0.944 bits per heavy atom. The zero-order chi connectivity index (χ0) is 13.1. The van der Waals surface area contributed by atoms with Gasteiger partial charge < -0.3 is 4.74 Å². The molecule has 102 valence electrons. The molecule has 0 aliphatic carbocycles. The normalized spacial score (nSPS) is 12.3. The summed E-state index contributed by atoms with van der Waals surface area (Å²) >= 11 is 0. The van der Waals surface area contributed by atoms with Gasteiger partial charge in [0.2, 0.25) is 0 Å². The molecule has 0 bridgehead atoms. The Labute approximate surface area is 113 Å². The van der Waals surface area contributed by atoms with Crippen molar-refractivity contribution in [2.75, 3.05) is 6.61 Å². The molecule has 1 unspecified atom stereocenters. The van der Waals surface area contributed by atoms with Crippen LogP contribution in [0.3, 0.4) is 0 Å².